The fourth-order valence-electron chi connectivity index (χ4n) is 3.45. The summed E-state index contributed by atoms with van der Waals surface area (Å²) in [6, 6.07) is 13.5. The van der Waals surface area contributed by atoms with Gasteiger partial charge in [-0.05, 0) is 111 Å². The van der Waals surface area contributed by atoms with Gasteiger partial charge in [-0.3, -0.25) is 4.79 Å². The predicted octanol–water partition coefficient (Wildman–Crippen LogP) is 5.63. The SMILES string of the molecule is CC(C)N(C(=O)c1ccc(OCCCCCOc2ccc(C=NN)cc2)c(Br)c1)C(C)C. The van der Waals surface area contributed by atoms with E-state index in [1.54, 1.807) is 6.21 Å². The second kappa shape index (κ2) is 13.1. The molecule has 174 valence electrons. The van der Waals surface area contributed by atoms with Crippen LogP contribution in [-0.4, -0.2) is 42.3 Å². The second-order valence-corrected chi connectivity index (χ2v) is 9.00. The summed E-state index contributed by atoms with van der Waals surface area (Å²) in [4.78, 5) is 14.7. The van der Waals surface area contributed by atoms with Crippen LogP contribution in [0, 0.1) is 0 Å². The molecule has 6 nitrogen and oxygen atoms in total. The molecule has 0 atom stereocenters. The van der Waals surface area contributed by atoms with E-state index in [9.17, 15) is 4.79 Å². The highest BCUT2D eigenvalue weighted by Gasteiger charge is 2.22. The molecular formula is C25H34BrN3O3. The van der Waals surface area contributed by atoms with Crippen molar-refractivity contribution in [1.29, 1.82) is 0 Å². The van der Waals surface area contributed by atoms with Crippen LogP contribution in [0.3, 0.4) is 0 Å². The molecule has 0 radical (unpaired) electrons. The lowest BCUT2D eigenvalue weighted by molar-refractivity contribution is 0.0643. The van der Waals surface area contributed by atoms with Gasteiger partial charge in [0.05, 0.1) is 23.9 Å². The Labute approximate surface area is 199 Å². The highest BCUT2D eigenvalue weighted by molar-refractivity contribution is 9.10. The van der Waals surface area contributed by atoms with Gasteiger partial charge in [-0.1, -0.05) is 0 Å². The summed E-state index contributed by atoms with van der Waals surface area (Å²) in [5, 5.41) is 3.50. The highest BCUT2D eigenvalue weighted by Crippen LogP contribution is 2.27. The van der Waals surface area contributed by atoms with Gasteiger partial charge in [0.25, 0.3) is 5.91 Å². The van der Waals surface area contributed by atoms with Gasteiger partial charge in [-0.25, -0.2) is 0 Å². The van der Waals surface area contributed by atoms with Crippen molar-refractivity contribution < 1.29 is 14.3 Å². The monoisotopic (exact) mass is 503 g/mol. The third-order valence-electron chi connectivity index (χ3n) is 4.94. The number of unbranched alkanes of at least 4 members (excludes halogenated alkanes) is 2. The number of ether oxygens (including phenoxy) is 2. The molecular weight excluding hydrogens is 470 g/mol. The van der Waals surface area contributed by atoms with E-state index in [4.69, 9.17) is 15.3 Å². The van der Waals surface area contributed by atoms with Crippen molar-refractivity contribution in [2.24, 2.45) is 10.9 Å². The number of carbonyl (C=O) groups is 1. The van der Waals surface area contributed by atoms with E-state index in [-0.39, 0.29) is 18.0 Å². The zero-order valence-electron chi connectivity index (χ0n) is 19.4. The van der Waals surface area contributed by atoms with Crippen LogP contribution >= 0.6 is 15.9 Å². The molecule has 0 fully saturated rings. The molecule has 2 aromatic carbocycles. The Hall–Kier alpha value is -2.54. The molecule has 0 saturated carbocycles. The molecule has 0 aliphatic carbocycles. The topological polar surface area (TPSA) is 77.2 Å². The molecule has 2 N–H and O–H groups in total. The predicted molar refractivity (Wildman–Crippen MR) is 134 cm³/mol. The second-order valence-electron chi connectivity index (χ2n) is 8.15. The molecule has 32 heavy (non-hydrogen) atoms. The van der Waals surface area contributed by atoms with Gasteiger partial charge in [-0.15, -0.1) is 0 Å². The van der Waals surface area contributed by atoms with Crippen LogP contribution in [0.2, 0.25) is 0 Å². The molecule has 1 amide bonds. The third-order valence-corrected chi connectivity index (χ3v) is 5.56. The number of nitrogens with two attached hydrogens (primary N) is 1. The number of benzene rings is 2. The molecule has 0 bridgehead atoms. The van der Waals surface area contributed by atoms with Crippen molar-refractivity contribution in [3.05, 3.63) is 58.1 Å². The van der Waals surface area contributed by atoms with Gasteiger partial charge in [0.15, 0.2) is 0 Å². The van der Waals surface area contributed by atoms with Crippen LogP contribution in [0.15, 0.2) is 52.0 Å². The minimum absolute atomic E-state index is 0.0319. The average Bonchev–Trinajstić information content (AvgIpc) is 2.74. The minimum atomic E-state index is 0.0319. The average molecular weight is 504 g/mol. The summed E-state index contributed by atoms with van der Waals surface area (Å²) in [5.74, 6) is 6.76. The first-order chi connectivity index (χ1) is 15.3. The zero-order valence-corrected chi connectivity index (χ0v) is 21.0. The Morgan fingerprint density at radius 3 is 2.19 bits per heavy atom. The smallest absolute Gasteiger partial charge is 0.254 e. The lowest BCUT2D eigenvalue weighted by Crippen LogP contribution is -2.42. The molecule has 0 aliphatic heterocycles. The summed E-state index contributed by atoms with van der Waals surface area (Å²) >= 11 is 3.54. The van der Waals surface area contributed by atoms with Gasteiger partial charge in [0.2, 0.25) is 0 Å². The van der Waals surface area contributed by atoms with Crippen molar-refractivity contribution in [1.82, 2.24) is 4.90 Å². The summed E-state index contributed by atoms with van der Waals surface area (Å²) in [6.07, 6.45) is 4.48. The molecule has 0 unspecified atom stereocenters. The molecule has 0 saturated heterocycles. The largest absolute Gasteiger partial charge is 0.494 e. The van der Waals surface area contributed by atoms with Crippen LogP contribution in [0.4, 0.5) is 0 Å². The van der Waals surface area contributed by atoms with E-state index in [0.29, 0.717) is 18.8 Å². The maximum absolute atomic E-state index is 12.8. The fourth-order valence-corrected chi connectivity index (χ4v) is 3.95. The Morgan fingerprint density at radius 1 is 1.00 bits per heavy atom. The van der Waals surface area contributed by atoms with Crippen molar-refractivity contribution in [3.8, 4) is 11.5 Å². The first-order valence-electron chi connectivity index (χ1n) is 11.0. The molecule has 0 heterocycles. The molecule has 0 aliphatic rings. The van der Waals surface area contributed by atoms with Gasteiger partial charge in [0, 0.05) is 17.6 Å². The van der Waals surface area contributed by atoms with Crippen molar-refractivity contribution in [3.63, 3.8) is 0 Å². The van der Waals surface area contributed by atoms with Gasteiger partial charge in [-0.2, -0.15) is 5.10 Å². The lowest BCUT2D eigenvalue weighted by Gasteiger charge is -2.31. The molecule has 2 aromatic rings. The van der Waals surface area contributed by atoms with Crippen LogP contribution in [0.5, 0.6) is 11.5 Å². The van der Waals surface area contributed by atoms with Crippen molar-refractivity contribution in [2.75, 3.05) is 13.2 Å². The van der Waals surface area contributed by atoms with E-state index < -0.39 is 0 Å². The van der Waals surface area contributed by atoms with Crippen LogP contribution in [0.1, 0.15) is 62.9 Å². The fraction of sp³-hybridized carbons (Fsp3) is 0.440. The molecule has 7 heteroatoms. The Balaban J connectivity index is 1.72. The Bertz CT molecular complexity index is 875. The summed E-state index contributed by atoms with van der Waals surface area (Å²) in [5.41, 5.74) is 1.60. The normalized spacial score (nSPS) is 11.3. The Morgan fingerprint density at radius 2 is 1.62 bits per heavy atom. The summed E-state index contributed by atoms with van der Waals surface area (Å²) < 4.78 is 12.4. The third kappa shape index (κ3) is 7.86. The first-order valence-corrected chi connectivity index (χ1v) is 11.8. The van der Waals surface area contributed by atoms with Gasteiger partial charge >= 0.3 is 0 Å². The maximum atomic E-state index is 12.8. The summed E-state index contributed by atoms with van der Waals surface area (Å²) in [7, 11) is 0. The van der Waals surface area contributed by atoms with E-state index in [2.05, 4.69) is 21.0 Å². The number of halogens is 1. The van der Waals surface area contributed by atoms with Crippen LogP contribution in [-0.2, 0) is 0 Å². The van der Waals surface area contributed by atoms with E-state index in [1.165, 1.54) is 0 Å². The molecule has 0 spiro atoms. The first kappa shape index (κ1) is 25.7. The van der Waals surface area contributed by atoms with Crippen LogP contribution < -0.4 is 15.3 Å². The number of hydrazone groups is 1. The number of amides is 1. The maximum Gasteiger partial charge on any atom is 0.254 e. The molecule has 0 aromatic heterocycles. The number of hydrogen-bond acceptors (Lipinski definition) is 5. The zero-order chi connectivity index (χ0) is 23.5. The highest BCUT2D eigenvalue weighted by atomic mass is 79.9. The summed E-state index contributed by atoms with van der Waals surface area (Å²) in [6.45, 7) is 9.40. The van der Waals surface area contributed by atoms with Gasteiger partial charge < -0.3 is 20.2 Å². The van der Waals surface area contributed by atoms with Gasteiger partial charge in [0.1, 0.15) is 11.5 Å². The number of hydrogen-bond donors (Lipinski definition) is 1. The lowest BCUT2D eigenvalue weighted by atomic mass is 10.1. The number of nitrogens with zero attached hydrogens (tertiary/aromatic N) is 2. The molecule has 2 rings (SSSR count). The van der Waals surface area contributed by atoms with E-state index in [0.717, 1.165) is 40.8 Å². The number of carbonyl (C=O) groups excluding carboxylic acids is 1. The van der Waals surface area contributed by atoms with Crippen LogP contribution in [0.25, 0.3) is 0 Å². The Kier molecular flexibility index (Phi) is 10.5. The quantitative estimate of drug-likeness (QED) is 0.176. The van der Waals surface area contributed by atoms with Crippen molar-refractivity contribution >= 4 is 28.1 Å². The van der Waals surface area contributed by atoms with E-state index in [1.807, 2.05) is 75.1 Å². The van der Waals surface area contributed by atoms with Crippen molar-refractivity contribution in [2.45, 2.75) is 59.0 Å². The number of rotatable bonds is 12. The minimum Gasteiger partial charge on any atom is -0.494 e. The standard InChI is InChI=1S/C25H34BrN3O3/c1-18(2)29(19(3)4)25(30)21-10-13-24(23(26)16-21)32-15-7-5-6-14-31-22-11-8-20(9-12-22)17-28-27/h8-13,16-19H,5-7,14-15,27H2,1-4H3. The van der Waals surface area contributed by atoms with E-state index >= 15 is 0 Å².